The van der Waals surface area contributed by atoms with Crippen molar-refractivity contribution in [2.45, 2.75) is 12.5 Å². The molecular formula is C17H17ClN2O2. The minimum absolute atomic E-state index is 0.435. The topological polar surface area (TPSA) is 47.3 Å². The van der Waals surface area contributed by atoms with Crippen LogP contribution < -0.4 is 4.74 Å². The zero-order valence-electron chi connectivity index (χ0n) is 12.7. The predicted molar refractivity (Wildman–Crippen MR) is 87.4 cm³/mol. The third-order valence-corrected chi connectivity index (χ3v) is 4.37. The molecule has 3 rings (SSSR count). The molecule has 0 bridgehead atoms. The van der Waals surface area contributed by atoms with E-state index >= 15 is 0 Å². The highest BCUT2D eigenvalue weighted by atomic mass is 35.5. The van der Waals surface area contributed by atoms with E-state index in [9.17, 15) is 5.11 Å². The molecule has 0 saturated carbocycles. The molecule has 0 amide bonds. The minimum Gasteiger partial charge on any atom is -0.497 e. The summed E-state index contributed by atoms with van der Waals surface area (Å²) in [6, 6.07) is 11.2. The van der Waals surface area contributed by atoms with Crippen molar-refractivity contribution in [3.8, 4) is 5.75 Å². The number of aromatic nitrogens is 2. The van der Waals surface area contributed by atoms with E-state index in [2.05, 4.69) is 4.98 Å². The lowest BCUT2D eigenvalue weighted by Gasteiger charge is -2.25. The number of ether oxygens (including phenoxy) is 1. The molecule has 0 aliphatic heterocycles. The molecule has 5 heteroatoms. The molecule has 0 aliphatic carbocycles. The van der Waals surface area contributed by atoms with Gasteiger partial charge in [-0.05, 0) is 36.8 Å². The van der Waals surface area contributed by atoms with Gasteiger partial charge in [0.2, 0.25) is 0 Å². The Morgan fingerprint density at radius 1 is 1.23 bits per heavy atom. The van der Waals surface area contributed by atoms with Crippen molar-refractivity contribution in [3.63, 3.8) is 0 Å². The van der Waals surface area contributed by atoms with E-state index in [1.54, 1.807) is 20.2 Å². The Hall–Kier alpha value is -2.04. The predicted octanol–water partition coefficient (Wildman–Crippen LogP) is 3.49. The quantitative estimate of drug-likeness (QED) is 0.752. The van der Waals surface area contributed by atoms with E-state index in [1.807, 2.05) is 48.0 Å². The molecule has 2 aromatic heterocycles. The van der Waals surface area contributed by atoms with Gasteiger partial charge in [0, 0.05) is 18.6 Å². The van der Waals surface area contributed by atoms with E-state index in [0.717, 1.165) is 27.9 Å². The first kappa shape index (κ1) is 14.9. The van der Waals surface area contributed by atoms with Gasteiger partial charge in [0.1, 0.15) is 16.5 Å². The molecule has 0 fully saturated rings. The first-order valence-corrected chi connectivity index (χ1v) is 7.30. The van der Waals surface area contributed by atoms with Crippen LogP contribution in [0.5, 0.6) is 5.75 Å². The van der Waals surface area contributed by atoms with Gasteiger partial charge in [-0.25, -0.2) is 4.98 Å². The molecular weight excluding hydrogens is 300 g/mol. The summed E-state index contributed by atoms with van der Waals surface area (Å²) in [5, 5.41) is 12.3. The maximum Gasteiger partial charge on any atom is 0.138 e. The molecule has 22 heavy (non-hydrogen) atoms. The smallest absolute Gasteiger partial charge is 0.138 e. The van der Waals surface area contributed by atoms with E-state index in [4.69, 9.17) is 16.3 Å². The summed E-state index contributed by atoms with van der Waals surface area (Å²) < 4.78 is 7.10. The van der Waals surface area contributed by atoms with Crippen LogP contribution in [-0.2, 0) is 12.6 Å². The van der Waals surface area contributed by atoms with Crippen LogP contribution in [0.4, 0.5) is 0 Å². The fourth-order valence-corrected chi connectivity index (χ4v) is 2.97. The SMILES string of the molecule is COc1ccc(C(C)(O)c2cc3c(Cl)nccc3n2C)cc1. The zero-order valence-corrected chi connectivity index (χ0v) is 13.4. The third kappa shape index (κ3) is 2.25. The fourth-order valence-electron chi connectivity index (χ4n) is 2.76. The number of hydrogen-bond donors (Lipinski definition) is 1. The maximum absolute atomic E-state index is 11.1. The van der Waals surface area contributed by atoms with E-state index in [-0.39, 0.29) is 0 Å². The standard InChI is InChI=1S/C17H17ClN2O2/c1-17(21,11-4-6-12(22-3)7-5-11)15-10-13-14(20(15)2)8-9-19-16(13)18/h4-10,21H,1-3H3. The second-order valence-corrected chi connectivity index (χ2v) is 5.78. The van der Waals surface area contributed by atoms with Crippen molar-refractivity contribution < 1.29 is 9.84 Å². The number of fused-ring (bicyclic) bond motifs is 1. The van der Waals surface area contributed by atoms with Gasteiger partial charge in [-0.1, -0.05) is 23.7 Å². The summed E-state index contributed by atoms with van der Waals surface area (Å²) in [5.41, 5.74) is 1.32. The second kappa shape index (κ2) is 5.30. The van der Waals surface area contributed by atoms with Crippen LogP contribution in [-0.4, -0.2) is 21.8 Å². The number of benzene rings is 1. The number of halogens is 1. The van der Waals surface area contributed by atoms with Crippen molar-refractivity contribution in [1.82, 2.24) is 9.55 Å². The van der Waals surface area contributed by atoms with Gasteiger partial charge in [0.25, 0.3) is 0 Å². The van der Waals surface area contributed by atoms with Crippen molar-refractivity contribution >= 4 is 22.5 Å². The highest BCUT2D eigenvalue weighted by molar-refractivity contribution is 6.34. The number of methoxy groups -OCH3 is 1. The van der Waals surface area contributed by atoms with Gasteiger partial charge in [-0.15, -0.1) is 0 Å². The molecule has 114 valence electrons. The number of hydrogen-bond acceptors (Lipinski definition) is 3. The third-order valence-electron chi connectivity index (χ3n) is 4.07. The Morgan fingerprint density at radius 3 is 2.50 bits per heavy atom. The Labute approximate surface area is 133 Å². The normalized spacial score (nSPS) is 14.0. The van der Waals surface area contributed by atoms with Crippen molar-refractivity contribution in [3.05, 3.63) is 59.0 Å². The number of rotatable bonds is 3. The first-order chi connectivity index (χ1) is 10.4. The molecule has 1 atom stereocenters. The average Bonchev–Trinajstić information content (AvgIpc) is 2.87. The monoisotopic (exact) mass is 316 g/mol. The highest BCUT2D eigenvalue weighted by Crippen LogP contribution is 2.35. The molecule has 0 radical (unpaired) electrons. The van der Waals surface area contributed by atoms with Gasteiger partial charge in [0.15, 0.2) is 0 Å². The van der Waals surface area contributed by atoms with Crippen molar-refractivity contribution in [1.29, 1.82) is 0 Å². The first-order valence-electron chi connectivity index (χ1n) is 6.92. The lowest BCUT2D eigenvalue weighted by Crippen LogP contribution is -2.25. The number of aliphatic hydroxyl groups is 1. The Bertz CT molecular complexity index is 823. The lowest BCUT2D eigenvalue weighted by molar-refractivity contribution is 0.0946. The minimum atomic E-state index is -1.15. The van der Waals surface area contributed by atoms with Gasteiger partial charge >= 0.3 is 0 Å². The molecule has 3 aromatic rings. The molecule has 0 spiro atoms. The second-order valence-electron chi connectivity index (χ2n) is 5.42. The van der Waals surface area contributed by atoms with Crippen LogP contribution in [0.1, 0.15) is 18.2 Å². The summed E-state index contributed by atoms with van der Waals surface area (Å²) in [4.78, 5) is 4.09. The van der Waals surface area contributed by atoms with Crippen LogP contribution in [0.25, 0.3) is 10.9 Å². The fraction of sp³-hybridized carbons (Fsp3) is 0.235. The number of aryl methyl sites for hydroxylation is 1. The van der Waals surface area contributed by atoms with Crippen molar-refractivity contribution in [2.24, 2.45) is 7.05 Å². The molecule has 4 nitrogen and oxygen atoms in total. The van der Waals surface area contributed by atoms with Gasteiger partial charge < -0.3 is 14.4 Å². The Kier molecular flexibility index (Phi) is 3.59. The van der Waals surface area contributed by atoms with E-state index in [1.165, 1.54) is 0 Å². The number of pyridine rings is 1. The average molecular weight is 317 g/mol. The van der Waals surface area contributed by atoms with Crippen molar-refractivity contribution in [2.75, 3.05) is 7.11 Å². The Balaban J connectivity index is 2.15. The lowest BCUT2D eigenvalue weighted by atomic mass is 9.92. The molecule has 1 N–H and O–H groups in total. The molecule has 0 saturated heterocycles. The highest BCUT2D eigenvalue weighted by Gasteiger charge is 2.29. The van der Waals surface area contributed by atoms with Gasteiger partial charge in [-0.2, -0.15) is 0 Å². The van der Waals surface area contributed by atoms with Crippen LogP contribution in [0.2, 0.25) is 5.15 Å². The summed E-state index contributed by atoms with van der Waals surface area (Å²) in [6.45, 7) is 1.77. The summed E-state index contributed by atoms with van der Waals surface area (Å²) in [5.74, 6) is 0.754. The van der Waals surface area contributed by atoms with Gasteiger partial charge in [0.05, 0.1) is 18.3 Å². The zero-order chi connectivity index (χ0) is 15.9. The summed E-state index contributed by atoms with van der Waals surface area (Å²) >= 11 is 6.16. The molecule has 0 aliphatic rings. The number of nitrogens with zero attached hydrogens (tertiary/aromatic N) is 2. The molecule has 2 heterocycles. The van der Waals surface area contributed by atoms with Crippen LogP contribution in [0.15, 0.2) is 42.6 Å². The van der Waals surface area contributed by atoms with Crippen LogP contribution in [0, 0.1) is 0 Å². The molecule has 1 aromatic carbocycles. The van der Waals surface area contributed by atoms with Crippen LogP contribution >= 0.6 is 11.6 Å². The summed E-state index contributed by atoms with van der Waals surface area (Å²) in [6.07, 6.45) is 1.66. The Morgan fingerprint density at radius 2 is 1.91 bits per heavy atom. The van der Waals surface area contributed by atoms with Crippen LogP contribution in [0.3, 0.4) is 0 Å². The molecule has 1 unspecified atom stereocenters. The van der Waals surface area contributed by atoms with E-state index in [0.29, 0.717) is 5.15 Å². The summed E-state index contributed by atoms with van der Waals surface area (Å²) in [7, 11) is 3.53. The maximum atomic E-state index is 11.1. The van der Waals surface area contributed by atoms with E-state index < -0.39 is 5.60 Å². The largest absolute Gasteiger partial charge is 0.497 e. The van der Waals surface area contributed by atoms with Gasteiger partial charge in [-0.3, -0.25) is 0 Å².